The van der Waals surface area contributed by atoms with Gasteiger partial charge in [-0.05, 0) is 47.9 Å². The lowest BCUT2D eigenvalue weighted by Gasteiger charge is -2.17. The van der Waals surface area contributed by atoms with Crippen LogP contribution in [0.5, 0.6) is 0 Å². The molecule has 0 N–H and O–H groups in total. The zero-order valence-corrected chi connectivity index (χ0v) is 10.8. The van der Waals surface area contributed by atoms with Crippen molar-refractivity contribution in [3.63, 3.8) is 0 Å². The maximum Gasteiger partial charge on any atom is 0.00750 e. The van der Waals surface area contributed by atoms with E-state index in [1.54, 1.807) is 11.1 Å². The number of benzene rings is 1. The molecule has 82 valence electrons. The lowest BCUT2D eigenvalue weighted by atomic mass is 10.0. The summed E-state index contributed by atoms with van der Waals surface area (Å²) in [5.41, 5.74) is 3.59. The standard InChI is InChI=1S/C14H20S/c1-14(2,3)10-15-13-8-7-11-5-4-6-12(11)9-13/h7-9H,4-6,10H2,1-3H3. The molecule has 1 aromatic carbocycles. The number of hydrogen-bond donors (Lipinski definition) is 0. The molecule has 0 aliphatic heterocycles. The van der Waals surface area contributed by atoms with E-state index in [1.165, 1.54) is 29.9 Å². The largest absolute Gasteiger partial charge is 0.126 e. The third-order valence-electron chi connectivity index (χ3n) is 2.74. The van der Waals surface area contributed by atoms with Crippen molar-refractivity contribution in [2.75, 3.05) is 5.75 Å². The highest BCUT2D eigenvalue weighted by Crippen LogP contribution is 2.30. The molecule has 0 radical (unpaired) electrons. The Morgan fingerprint density at radius 3 is 2.60 bits per heavy atom. The van der Waals surface area contributed by atoms with Crippen LogP contribution in [0.1, 0.15) is 38.3 Å². The Hall–Kier alpha value is -0.430. The zero-order chi connectivity index (χ0) is 10.9. The molecule has 0 unspecified atom stereocenters. The van der Waals surface area contributed by atoms with Gasteiger partial charge in [-0.25, -0.2) is 0 Å². The van der Waals surface area contributed by atoms with Gasteiger partial charge >= 0.3 is 0 Å². The van der Waals surface area contributed by atoms with Crippen LogP contribution in [0, 0.1) is 5.41 Å². The van der Waals surface area contributed by atoms with E-state index in [0.717, 1.165) is 0 Å². The number of thioether (sulfide) groups is 1. The molecule has 15 heavy (non-hydrogen) atoms. The molecule has 0 amide bonds. The Balaban J connectivity index is 2.04. The van der Waals surface area contributed by atoms with E-state index in [4.69, 9.17) is 0 Å². The molecule has 0 saturated carbocycles. The molecular formula is C14H20S. The van der Waals surface area contributed by atoms with Gasteiger partial charge in [0, 0.05) is 10.6 Å². The fourth-order valence-electron chi connectivity index (χ4n) is 1.94. The Bertz CT molecular complexity index is 347. The van der Waals surface area contributed by atoms with Gasteiger partial charge in [0.25, 0.3) is 0 Å². The van der Waals surface area contributed by atoms with Crippen LogP contribution in [0.15, 0.2) is 23.1 Å². The van der Waals surface area contributed by atoms with Crippen molar-refractivity contribution in [2.24, 2.45) is 5.41 Å². The van der Waals surface area contributed by atoms with Crippen LogP contribution in [0.4, 0.5) is 0 Å². The summed E-state index contributed by atoms with van der Waals surface area (Å²) in [6.45, 7) is 6.90. The first-order chi connectivity index (χ1) is 7.04. The lowest BCUT2D eigenvalue weighted by Crippen LogP contribution is -2.07. The molecule has 0 bridgehead atoms. The Morgan fingerprint density at radius 1 is 1.13 bits per heavy atom. The molecule has 0 nitrogen and oxygen atoms in total. The van der Waals surface area contributed by atoms with Crippen molar-refractivity contribution >= 4 is 11.8 Å². The van der Waals surface area contributed by atoms with Gasteiger partial charge in [-0.1, -0.05) is 26.8 Å². The average Bonchev–Trinajstić information content (AvgIpc) is 2.60. The van der Waals surface area contributed by atoms with Crippen molar-refractivity contribution in [3.05, 3.63) is 29.3 Å². The molecule has 0 saturated heterocycles. The maximum atomic E-state index is 2.40. The minimum Gasteiger partial charge on any atom is -0.126 e. The highest BCUT2D eigenvalue weighted by molar-refractivity contribution is 7.99. The molecule has 1 aliphatic rings. The second kappa shape index (κ2) is 4.21. The molecule has 0 spiro atoms. The summed E-state index contributed by atoms with van der Waals surface area (Å²) in [5, 5.41) is 0. The Morgan fingerprint density at radius 2 is 1.87 bits per heavy atom. The first-order valence-electron chi connectivity index (χ1n) is 5.79. The van der Waals surface area contributed by atoms with Crippen molar-refractivity contribution < 1.29 is 0 Å². The van der Waals surface area contributed by atoms with Crippen molar-refractivity contribution in [1.82, 2.24) is 0 Å². The SMILES string of the molecule is CC(C)(C)CSc1ccc2c(c1)CCC2. The third kappa shape index (κ3) is 3.01. The van der Waals surface area contributed by atoms with Gasteiger partial charge in [0.15, 0.2) is 0 Å². The fraction of sp³-hybridized carbons (Fsp3) is 0.571. The first kappa shape index (κ1) is 11.1. The summed E-state index contributed by atoms with van der Waals surface area (Å²) in [7, 11) is 0. The average molecular weight is 220 g/mol. The summed E-state index contributed by atoms with van der Waals surface area (Å²) < 4.78 is 0. The highest BCUT2D eigenvalue weighted by Gasteiger charge is 2.13. The molecule has 0 fully saturated rings. The molecule has 0 heterocycles. The van der Waals surface area contributed by atoms with E-state index in [1.807, 2.05) is 11.8 Å². The van der Waals surface area contributed by atoms with Crippen LogP contribution in [0.3, 0.4) is 0 Å². The normalized spacial score (nSPS) is 15.4. The number of rotatable bonds is 2. The van der Waals surface area contributed by atoms with Gasteiger partial charge in [0.1, 0.15) is 0 Å². The minimum absolute atomic E-state index is 0.420. The summed E-state index contributed by atoms with van der Waals surface area (Å²) >= 11 is 1.99. The van der Waals surface area contributed by atoms with E-state index >= 15 is 0 Å². The van der Waals surface area contributed by atoms with Gasteiger partial charge < -0.3 is 0 Å². The van der Waals surface area contributed by atoms with Crippen LogP contribution in [-0.2, 0) is 12.8 Å². The Kier molecular flexibility index (Phi) is 3.11. The van der Waals surface area contributed by atoms with Crippen molar-refractivity contribution in [1.29, 1.82) is 0 Å². The predicted octanol–water partition coefficient (Wildman–Crippen LogP) is 4.31. The van der Waals surface area contributed by atoms with Crippen LogP contribution in [0.25, 0.3) is 0 Å². The molecule has 2 rings (SSSR count). The Labute approximate surface area is 97.5 Å². The number of aryl methyl sites for hydroxylation is 2. The highest BCUT2D eigenvalue weighted by atomic mass is 32.2. The quantitative estimate of drug-likeness (QED) is 0.669. The third-order valence-corrected chi connectivity index (χ3v) is 4.34. The van der Waals surface area contributed by atoms with Gasteiger partial charge in [0.05, 0.1) is 0 Å². The maximum absolute atomic E-state index is 2.40. The van der Waals surface area contributed by atoms with Gasteiger partial charge in [0.2, 0.25) is 0 Å². The van der Waals surface area contributed by atoms with E-state index in [-0.39, 0.29) is 0 Å². The van der Waals surface area contributed by atoms with Gasteiger partial charge in [-0.15, -0.1) is 11.8 Å². The molecule has 1 aromatic rings. The van der Waals surface area contributed by atoms with Crippen LogP contribution in [0.2, 0.25) is 0 Å². The topological polar surface area (TPSA) is 0 Å². The van der Waals surface area contributed by atoms with Crippen LogP contribution >= 0.6 is 11.8 Å². The summed E-state index contributed by atoms with van der Waals surface area (Å²) in [6, 6.07) is 7.02. The molecule has 0 atom stereocenters. The number of hydrogen-bond acceptors (Lipinski definition) is 1. The van der Waals surface area contributed by atoms with Crippen LogP contribution in [-0.4, -0.2) is 5.75 Å². The van der Waals surface area contributed by atoms with Gasteiger partial charge in [-0.3, -0.25) is 0 Å². The monoisotopic (exact) mass is 220 g/mol. The van der Waals surface area contributed by atoms with Crippen molar-refractivity contribution in [3.8, 4) is 0 Å². The minimum atomic E-state index is 0.420. The van der Waals surface area contributed by atoms with E-state index < -0.39 is 0 Å². The zero-order valence-electron chi connectivity index (χ0n) is 9.97. The molecule has 1 aliphatic carbocycles. The van der Waals surface area contributed by atoms with Gasteiger partial charge in [-0.2, -0.15) is 0 Å². The molecule has 0 aromatic heterocycles. The number of fused-ring (bicyclic) bond motifs is 1. The predicted molar refractivity (Wildman–Crippen MR) is 68.6 cm³/mol. The van der Waals surface area contributed by atoms with Crippen LogP contribution < -0.4 is 0 Å². The fourth-order valence-corrected chi connectivity index (χ4v) is 2.93. The van der Waals surface area contributed by atoms with E-state index in [0.29, 0.717) is 5.41 Å². The second-order valence-electron chi connectivity index (χ2n) is 5.63. The van der Waals surface area contributed by atoms with E-state index in [9.17, 15) is 0 Å². The summed E-state index contributed by atoms with van der Waals surface area (Å²) in [5.74, 6) is 1.20. The summed E-state index contributed by atoms with van der Waals surface area (Å²) in [6.07, 6.45) is 3.93. The molecular weight excluding hydrogens is 200 g/mol. The first-order valence-corrected chi connectivity index (χ1v) is 6.78. The van der Waals surface area contributed by atoms with E-state index in [2.05, 4.69) is 39.0 Å². The second-order valence-corrected chi connectivity index (χ2v) is 6.68. The summed E-state index contributed by atoms with van der Waals surface area (Å²) in [4.78, 5) is 1.45. The lowest BCUT2D eigenvalue weighted by molar-refractivity contribution is 0.481. The molecule has 1 heteroatoms. The van der Waals surface area contributed by atoms with Crippen molar-refractivity contribution in [2.45, 2.75) is 44.9 Å². The smallest absolute Gasteiger partial charge is 0.00750 e.